The third-order valence-corrected chi connectivity index (χ3v) is 6.64. The third-order valence-electron chi connectivity index (χ3n) is 6.64. The van der Waals surface area contributed by atoms with Gasteiger partial charge in [-0.15, -0.1) is 0 Å². The first-order valence-electron chi connectivity index (χ1n) is 9.55. The average molecular weight is 335 g/mol. The van der Waals surface area contributed by atoms with Crippen LogP contribution in [0.3, 0.4) is 0 Å². The maximum Gasteiger partial charge on any atom is 0.0557 e. The molecular weight excluding hydrogens is 304 g/mol. The van der Waals surface area contributed by atoms with Gasteiger partial charge in [-0.3, -0.25) is 4.90 Å². The number of likely N-dealkylation sites (N-methyl/N-ethyl adjacent to an activating group) is 1. The predicted molar refractivity (Wildman–Crippen MR) is 107 cm³/mol. The zero-order chi connectivity index (χ0) is 17.7. The number of benzene rings is 2. The van der Waals surface area contributed by atoms with E-state index >= 15 is 0 Å². The number of rotatable bonds is 3. The maximum absolute atomic E-state index is 2.57. The van der Waals surface area contributed by atoms with E-state index in [4.69, 9.17) is 0 Å². The van der Waals surface area contributed by atoms with Gasteiger partial charge in [-0.1, -0.05) is 55.8 Å². The molecule has 0 amide bonds. The van der Waals surface area contributed by atoms with Crippen molar-refractivity contribution >= 4 is 5.69 Å². The van der Waals surface area contributed by atoms with Crippen LogP contribution in [0.1, 0.15) is 43.4 Å². The number of hydrogen-bond donors (Lipinski definition) is 0. The fourth-order valence-corrected chi connectivity index (χ4v) is 4.55. The molecule has 0 N–H and O–H groups in total. The van der Waals surface area contributed by atoms with Crippen LogP contribution in [0.2, 0.25) is 0 Å². The van der Waals surface area contributed by atoms with E-state index in [1.807, 2.05) is 0 Å². The molecular formula is C23H30N2. The molecule has 2 heteroatoms. The summed E-state index contributed by atoms with van der Waals surface area (Å²) in [6.45, 7) is 10.4. The molecule has 0 atom stereocenters. The van der Waals surface area contributed by atoms with E-state index in [2.05, 4.69) is 86.1 Å². The fraction of sp³-hybridized carbons (Fsp3) is 0.478. The van der Waals surface area contributed by atoms with E-state index in [1.165, 1.54) is 54.9 Å². The standard InChI is InChI=1S/C23H30N2/c1-18-6-8-19(9-7-18)22(2,3)20-10-12-21(13-11-20)25-16-23(17-25)14-5-15-24(23)4/h6-13H,5,14-17H2,1-4H3. The highest BCUT2D eigenvalue weighted by atomic mass is 15.4. The van der Waals surface area contributed by atoms with Gasteiger partial charge in [-0.2, -0.15) is 0 Å². The molecule has 2 aliphatic rings. The first-order chi connectivity index (χ1) is 11.9. The first kappa shape index (κ1) is 16.7. The molecule has 0 aliphatic carbocycles. The van der Waals surface area contributed by atoms with Crippen LogP contribution in [0.15, 0.2) is 48.5 Å². The van der Waals surface area contributed by atoms with Crippen LogP contribution in [0.4, 0.5) is 5.69 Å². The van der Waals surface area contributed by atoms with Crippen LogP contribution in [-0.4, -0.2) is 37.1 Å². The first-order valence-corrected chi connectivity index (χ1v) is 9.55. The van der Waals surface area contributed by atoms with Gasteiger partial charge in [0.2, 0.25) is 0 Å². The van der Waals surface area contributed by atoms with Gasteiger partial charge in [0.25, 0.3) is 0 Å². The van der Waals surface area contributed by atoms with Gasteiger partial charge in [0.15, 0.2) is 0 Å². The zero-order valence-electron chi connectivity index (χ0n) is 16.0. The summed E-state index contributed by atoms with van der Waals surface area (Å²) in [5.41, 5.74) is 5.94. The molecule has 2 heterocycles. The normalized spacial score (nSPS) is 20.1. The number of likely N-dealkylation sites (tertiary alicyclic amines) is 1. The highest BCUT2D eigenvalue weighted by Gasteiger charge is 2.48. The van der Waals surface area contributed by atoms with Crippen molar-refractivity contribution in [2.75, 3.05) is 31.6 Å². The minimum absolute atomic E-state index is 0.0358. The SMILES string of the molecule is Cc1ccc(C(C)(C)c2ccc(N3CC4(CCCN4C)C3)cc2)cc1. The molecule has 0 bridgehead atoms. The van der Waals surface area contributed by atoms with Crippen LogP contribution < -0.4 is 4.90 Å². The quantitative estimate of drug-likeness (QED) is 0.809. The molecule has 4 rings (SSSR count). The van der Waals surface area contributed by atoms with Crippen LogP contribution in [0.25, 0.3) is 0 Å². The Labute approximate surface area is 152 Å². The van der Waals surface area contributed by atoms with E-state index < -0.39 is 0 Å². The van der Waals surface area contributed by atoms with Gasteiger partial charge in [0.05, 0.1) is 5.54 Å². The minimum atomic E-state index is 0.0358. The van der Waals surface area contributed by atoms with Gasteiger partial charge >= 0.3 is 0 Å². The third kappa shape index (κ3) is 2.77. The lowest BCUT2D eigenvalue weighted by atomic mass is 9.78. The minimum Gasteiger partial charge on any atom is -0.368 e. The van der Waals surface area contributed by atoms with Crippen molar-refractivity contribution in [3.8, 4) is 0 Å². The molecule has 0 saturated carbocycles. The molecule has 2 aliphatic heterocycles. The summed E-state index contributed by atoms with van der Waals surface area (Å²) in [5, 5.41) is 0. The van der Waals surface area contributed by atoms with Crippen molar-refractivity contribution in [2.45, 2.75) is 44.6 Å². The highest BCUT2D eigenvalue weighted by Crippen LogP contribution is 2.40. The summed E-state index contributed by atoms with van der Waals surface area (Å²) in [5.74, 6) is 0. The van der Waals surface area contributed by atoms with Crippen molar-refractivity contribution in [3.63, 3.8) is 0 Å². The van der Waals surface area contributed by atoms with Gasteiger partial charge in [-0.25, -0.2) is 0 Å². The smallest absolute Gasteiger partial charge is 0.0557 e. The Morgan fingerprint density at radius 2 is 1.44 bits per heavy atom. The number of anilines is 1. The highest BCUT2D eigenvalue weighted by molar-refractivity contribution is 5.54. The number of nitrogens with zero attached hydrogens (tertiary/aromatic N) is 2. The molecule has 2 nitrogen and oxygen atoms in total. The molecule has 0 unspecified atom stereocenters. The molecule has 2 fully saturated rings. The second kappa shape index (κ2) is 5.88. The molecule has 132 valence electrons. The largest absolute Gasteiger partial charge is 0.368 e. The fourth-order valence-electron chi connectivity index (χ4n) is 4.55. The van der Waals surface area contributed by atoms with Gasteiger partial charge in [0, 0.05) is 24.2 Å². The summed E-state index contributed by atoms with van der Waals surface area (Å²) in [4.78, 5) is 5.10. The van der Waals surface area contributed by atoms with Crippen LogP contribution in [0.5, 0.6) is 0 Å². The van der Waals surface area contributed by atoms with Gasteiger partial charge in [0.1, 0.15) is 0 Å². The number of aryl methyl sites for hydroxylation is 1. The monoisotopic (exact) mass is 334 g/mol. The topological polar surface area (TPSA) is 6.48 Å². The lowest BCUT2D eigenvalue weighted by Gasteiger charge is -2.53. The van der Waals surface area contributed by atoms with E-state index in [-0.39, 0.29) is 5.41 Å². The Balaban J connectivity index is 1.50. The van der Waals surface area contributed by atoms with E-state index in [0.717, 1.165) is 0 Å². The van der Waals surface area contributed by atoms with Crippen molar-refractivity contribution in [3.05, 3.63) is 65.2 Å². The Bertz CT molecular complexity index is 737. The molecule has 0 aromatic heterocycles. The zero-order valence-corrected chi connectivity index (χ0v) is 16.0. The summed E-state index contributed by atoms with van der Waals surface area (Å²) in [6, 6.07) is 18.2. The molecule has 2 aromatic rings. The number of hydrogen-bond acceptors (Lipinski definition) is 2. The van der Waals surface area contributed by atoms with Crippen LogP contribution in [-0.2, 0) is 5.41 Å². The summed E-state index contributed by atoms with van der Waals surface area (Å²) in [6.07, 6.45) is 2.71. The van der Waals surface area contributed by atoms with Crippen molar-refractivity contribution in [1.29, 1.82) is 0 Å². The van der Waals surface area contributed by atoms with Crippen LogP contribution >= 0.6 is 0 Å². The summed E-state index contributed by atoms with van der Waals surface area (Å²) < 4.78 is 0. The Hall–Kier alpha value is -1.80. The van der Waals surface area contributed by atoms with Gasteiger partial charge < -0.3 is 4.90 Å². The summed E-state index contributed by atoms with van der Waals surface area (Å²) >= 11 is 0. The van der Waals surface area contributed by atoms with Crippen LogP contribution in [0, 0.1) is 6.92 Å². The van der Waals surface area contributed by atoms with Crippen molar-refractivity contribution in [1.82, 2.24) is 4.90 Å². The lowest BCUT2D eigenvalue weighted by molar-refractivity contribution is 0.133. The molecule has 25 heavy (non-hydrogen) atoms. The Morgan fingerprint density at radius 3 is 1.96 bits per heavy atom. The van der Waals surface area contributed by atoms with E-state index in [1.54, 1.807) is 0 Å². The average Bonchev–Trinajstić information content (AvgIpc) is 2.96. The second-order valence-electron chi connectivity index (χ2n) is 8.64. The maximum atomic E-state index is 2.57. The molecule has 2 aromatic carbocycles. The molecule has 0 radical (unpaired) electrons. The van der Waals surface area contributed by atoms with Gasteiger partial charge in [-0.05, 0) is 56.6 Å². The van der Waals surface area contributed by atoms with E-state index in [9.17, 15) is 0 Å². The predicted octanol–water partition coefficient (Wildman–Crippen LogP) is 4.61. The Morgan fingerprint density at radius 1 is 0.880 bits per heavy atom. The molecule has 1 spiro atoms. The summed E-state index contributed by atoms with van der Waals surface area (Å²) in [7, 11) is 2.29. The van der Waals surface area contributed by atoms with Crippen molar-refractivity contribution in [2.24, 2.45) is 0 Å². The Kier molecular flexibility index (Phi) is 3.92. The lowest BCUT2D eigenvalue weighted by Crippen LogP contribution is -2.67. The second-order valence-corrected chi connectivity index (χ2v) is 8.64. The molecule has 2 saturated heterocycles. The van der Waals surface area contributed by atoms with Crippen molar-refractivity contribution < 1.29 is 0 Å². The van der Waals surface area contributed by atoms with E-state index in [0.29, 0.717) is 5.54 Å².